The van der Waals surface area contributed by atoms with E-state index in [-0.39, 0.29) is 0 Å². The Bertz CT molecular complexity index is 695. The highest BCUT2D eigenvalue weighted by molar-refractivity contribution is 8.01. The van der Waals surface area contributed by atoms with Crippen LogP contribution >= 0.6 is 23.1 Å². The van der Waals surface area contributed by atoms with E-state index in [1.54, 1.807) is 7.11 Å². The number of rotatable bonds is 8. The van der Waals surface area contributed by atoms with E-state index in [0.29, 0.717) is 22.6 Å². The van der Waals surface area contributed by atoms with E-state index in [2.05, 4.69) is 26.1 Å². The molecule has 8 nitrogen and oxygen atoms in total. The molecule has 2 rings (SSSR count). The number of hydrogen-bond acceptors (Lipinski definition) is 8. The largest absolute Gasteiger partial charge is 0.383 e. The van der Waals surface area contributed by atoms with Gasteiger partial charge in [-0.25, -0.2) is 4.79 Å². The van der Waals surface area contributed by atoms with Crippen LogP contribution in [0.3, 0.4) is 0 Å². The fourth-order valence-electron chi connectivity index (χ4n) is 1.83. The molecule has 1 heterocycles. The Morgan fingerprint density at radius 3 is 2.72 bits per heavy atom. The number of hydrogen-bond donors (Lipinski definition) is 3. The molecule has 0 unspecified atom stereocenters. The highest BCUT2D eigenvalue weighted by Crippen LogP contribution is 2.37. The van der Waals surface area contributed by atoms with Crippen LogP contribution in [-0.2, 0) is 9.53 Å². The smallest absolute Gasteiger partial charge is 0.321 e. The van der Waals surface area contributed by atoms with E-state index in [9.17, 15) is 9.59 Å². The molecule has 134 valence electrons. The molecule has 0 aliphatic rings. The van der Waals surface area contributed by atoms with Gasteiger partial charge in [0, 0.05) is 20.7 Å². The van der Waals surface area contributed by atoms with Gasteiger partial charge in [-0.15, -0.1) is 10.2 Å². The number of benzene rings is 1. The molecule has 0 saturated carbocycles. The van der Waals surface area contributed by atoms with Crippen molar-refractivity contribution in [2.75, 3.05) is 32.6 Å². The number of methoxy groups -OCH3 is 1. The predicted molar refractivity (Wildman–Crippen MR) is 97.9 cm³/mol. The zero-order valence-electron chi connectivity index (χ0n) is 13.8. The van der Waals surface area contributed by atoms with Crippen LogP contribution < -0.4 is 16.0 Å². The highest BCUT2D eigenvalue weighted by atomic mass is 32.2. The van der Waals surface area contributed by atoms with Gasteiger partial charge in [0.15, 0.2) is 4.34 Å². The number of urea groups is 1. The number of amides is 3. The lowest BCUT2D eigenvalue weighted by atomic mass is 10.1. The molecule has 0 spiro atoms. The minimum atomic E-state index is -0.613. The number of anilines is 1. The van der Waals surface area contributed by atoms with E-state index < -0.39 is 17.2 Å². The Hall–Kier alpha value is -2.17. The summed E-state index contributed by atoms with van der Waals surface area (Å²) in [6, 6.07) is 8.66. The van der Waals surface area contributed by atoms with Crippen molar-refractivity contribution in [1.82, 2.24) is 20.8 Å². The molecule has 10 heteroatoms. The zero-order valence-corrected chi connectivity index (χ0v) is 15.4. The third-order valence-electron chi connectivity index (χ3n) is 3.01. The van der Waals surface area contributed by atoms with E-state index in [1.165, 1.54) is 30.1 Å². The number of ether oxygens (including phenoxy) is 1. The topological polar surface area (TPSA) is 105 Å². The van der Waals surface area contributed by atoms with E-state index in [4.69, 9.17) is 4.74 Å². The summed E-state index contributed by atoms with van der Waals surface area (Å²) >= 11 is 2.59. The third kappa shape index (κ3) is 6.00. The number of thioether (sulfide) groups is 1. The first-order valence-corrected chi connectivity index (χ1v) is 9.14. The molecule has 1 atom stereocenters. The van der Waals surface area contributed by atoms with E-state index in [1.807, 2.05) is 30.3 Å². The normalized spacial score (nSPS) is 11.6. The second-order valence-electron chi connectivity index (χ2n) is 4.77. The van der Waals surface area contributed by atoms with Crippen LogP contribution in [0.2, 0.25) is 0 Å². The Morgan fingerprint density at radius 1 is 1.28 bits per heavy atom. The standard InChI is InChI=1S/C15H19N5O3S2/c1-16-13(22)18-12(21)11(10-6-4-3-5-7-10)24-15-20-19-14(25-15)17-8-9-23-2/h3-7,11H,8-9H2,1-2H3,(H,17,19)(H2,16,18,21,22)/t11-/m1/s1. The minimum Gasteiger partial charge on any atom is -0.383 e. The van der Waals surface area contributed by atoms with Crippen LogP contribution in [0.15, 0.2) is 34.7 Å². The van der Waals surface area contributed by atoms with Gasteiger partial charge in [0.2, 0.25) is 11.0 Å². The van der Waals surface area contributed by atoms with Crippen LogP contribution in [-0.4, -0.2) is 49.4 Å². The zero-order chi connectivity index (χ0) is 18.1. The van der Waals surface area contributed by atoms with Crippen LogP contribution in [0.5, 0.6) is 0 Å². The maximum Gasteiger partial charge on any atom is 0.321 e. The van der Waals surface area contributed by atoms with Crippen molar-refractivity contribution >= 4 is 40.2 Å². The molecule has 2 aromatic rings. The number of imide groups is 1. The average Bonchev–Trinajstić information content (AvgIpc) is 3.08. The molecule has 0 saturated heterocycles. The fourth-order valence-corrected chi connectivity index (χ4v) is 3.80. The Labute approximate surface area is 153 Å². The number of carbonyl (C=O) groups is 2. The molecule has 3 amide bonds. The van der Waals surface area contributed by atoms with Gasteiger partial charge in [-0.3, -0.25) is 10.1 Å². The summed E-state index contributed by atoms with van der Waals surface area (Å²) < 4.78 is 5.60. The molecular weight excluding hydrogens is 362 g/mol. The lowest BCUT2D eigenvalue weighted by molar-refractivity contribution is -0.119. The SMILES string of the molecule is CNC(=O)NC(=O)[C@H](Sc1nnc(NCCOC)s1)c1ccccc1. The van der Waals surface area contributed by atoms with Crippen molar-refractivity contribution < 1.29 is 14.3 Å². The quantitative estimate of drug-likeness (QED) is 0.474. The lowest BCUT2D eigenvalue weighted by Gasteiger charge is -2.14. The van der Waals surface area contributed by atoms with Gasteiger partial charge in [-0.2, -0.15) is 0 Å². The summed E-state index contributed by atoms with van der Waals surface area (Å²) in [5, 5.41) is 15.9. The molecular formula is C15H19N5O3S2. The molecule has 0 radical (unpaired) electrons. The van der Waals surface area contributed by atoms with Gasteiger partial charge in [-0.05, 0) is 5.56 Å². The first kappa shape index (κ1) is 19.2. The van der Waals surface area contributed by atoms with Crippen LogP contribution in [0, 0.1) is 0 Å². The minimum absolute atomic E-state index is 0.417. The number of nitrogens with one attached hydrogen (secondary N) is 3. The summed E-state index contributed by atoms with van der Waals surface area (Å²) in [5.41, 5.74) is 0.776. The van der Waals surface area contributed by atoms with Crippen molar-refractivity contribution in [3.63, 3.8) is 0 Å². The van der Waals surface area contributed by atoms with Gasteiger partial charge < -0.3 is 15.4 Å². The van der Waals surface area contributed by atoms with Crippen molar-refractivity contribution in [2.45, 2.75) is 9.59 Å². The van der Waals surface area contributed by atoms with Crippen molar-refractivity contribution in [2.24, 2.45) is 0 Å². The van der Waals surface area contributed by atoms with Crippen molar-refractivity contribution in [1.29, 1.82) is 0 Å². The average molecular weight is 381 g/mol. The maximum absolute atomic E-state index is 12.5. The summed E-state index contributed by atoms with van der Waals surface area (Å²) in [5.74, 6) is -0.417. The van der Waals surface area contributed by atoms with Crippen LogP contribution in [0.25, 0.3) is 0 Å². The fraction of sp³-hybridized carbons (Fsp3) is 0.333. The summed E-state index contributed by atoms with van der Waals surface area (Å²) in [6.07, 6.45) is 0. The summed E-state index contributed by atoms with van der Waals surface area (Å²) in [4.78, 5) is 23.9. The second-order valence-corrected chi connectivity index (χ2v) is 7.10. The molecule has 3 N–H and O–H groups in total. The van der Waals surface area contributed by atoms with E-state index >= 15 is 0 Å². The molecule has 25 heavy (non-hydrogen) atoms. The van der Waals surface area contributed by atoms with Crippen LogP contribution in [0.1, 0.15) is 10.8 Å². The van der Waals surface area contributed by atoms with Gasteiger partial charge in [0.05, 0.1) is 6.61 Å². The van der Waals surface area contributed by atoms with Gasteiger partial charge in [0.1, 0.15) is 5.25 Å². The first-order valence-electron chi connectivity index (χ1n) is 7.44. The highest BCUT2D eigenvalue weighted by Gasteiger charge is 2.25. The van der Waals surface area contributed by atoms with Gasteiger partial charge in [0.25, 0.3) is 0 Å². The van der Waals surface area contributed by atoms with Gasteiger partial charge >= 0.3 is 6.03 Å². The summed E-state index contributed by atoms with van der Waals surface area (Å²) in [7, 11) is 3.08. The van der Waals surface area contributed by atoms with E-state index in [0.717, 1.165) is 5.56 Å². The third-order valence-corrected chi connectivity index (χ3v) is 5.23. The number of aromatic nitrogens is 2. The number of carbonyl (C=O) groups excluding carboxylic acids is 2. The molecule has 0 fully saturated rings. The summed E-state index contributed by atoms with van der Waals surface area (Å²) in [6.45, 7) is 1.18. The Balaban J connectivity index is 2.11. The van der Waals surface area contributed by atoms with Crippen LogP contribution in [0.4, 0.5) is 9.93 Å². The molecule has 1 aromatic heterocycles. The number of nitrogens with zero attached hydrogens (tertiary/aromatic N) is 2. The first-order chi connectivity index (χ1) is 12.1. The molecule has 1 aromatic carbocycles. The Morgan fingerprint density at radius 2 is 2.04 bits per heavy atom. The molecule has 0 aliphatic heterocycles. The second kappa shape index (κ2) is 9.97. The van der Waals surface area contributed by atoms with Crippen molar-refractivity contribution in [3.05, 3.63) is 35.9 Å². The molecule has 0 aliphatic carbocycles. The molecule has 0 bridgehead atoms. The Kier molecular flexibility index (Phi) is 7.64. The van der Waals surface area contributed by atoms with Crippen molar-refractivity contribution in [3.8, 4) is 0 Å². The van der Waals surface area contributed by atoms with Gasteiger partial charge in [-0.1, -0.05) is 53.4 Å². The monoisotopic (exact) mass is 381 g/mol. The lowest BCUT2D eigenvalue weighted by Crippen LogP contribution is -2.39. The maximum atomic E-state index is 12.5. The predicted octanol–water partition coefficient (Wildman–Crippen LogP) is 1.89.